The third kappa shape index (κ3) is 4.53. The van der Waals surface area contributed by atoms with Gasteiger partial charge in [0.2, 0.25) is 0 Å². The maximum Gasteiger partial charge on any atom is 0.261 e. The Labute approximate surface area is 159 Å². The molecule has 0 aliphatic rings. The van der Waals surface area contributed by atoms with Crippen molar-refractivity contribution in [2.24, 2.45) is 5.92 Å². The number of benzene rings is 2. The normalized spacial score (nSPS) is 14.7. The van der Waals surface area contributed by atoms with E-state index >= 15 is 0 Å². The summed E-state index contributed by atoms with van der Waals surface area (Å²) in [6.07, 6.45) is 2.22. The summed E-state index contributed by atoms with van der Waals surface area (Å²) in [6.45, 7) is 13.2. The molecule has 2 aromatic rings. The first-order valence-electron chi connectivity index (χ1n) is 9.37. The zero-order valence-corrected chi connectivity index (χ0v) is 17.5. The van der Waals surface area contributed by atoms with Crippen LogP contribution in [0.15, 0.2) is 73.3 Å². The lowest BCUT2D eigenvalue weighted by atomic mass is 10.0. The molecule has 0 fully saturated rings. The van der Waals surface area contributed by atoms with Crippen LogP contribution in [0, 0.1) is 5.92 Å². The molecule has 2 atom stereocenters. The van der Waals surface area contributed by atoms with Crippen LogP contribution in [0.4, 0.5) is 0 Å². The molecule has 2 aromatic carbocycles. The number of rotatable bonds is 8. The average molecular weight is 369 g/mol. The molecule has 1 N–H and O–H groups in total. The van der Waals surface area contributed by atoms with E-state index in [4.69, 9.17) is 4.43 Å². The van der Waals surface area contributed by atoms with Crippen LogP contribution in [0.1, 0.15) is 34.1 Å². The molecule has 0 saturated carbocycles. The Hall–Kier alpha value is -1.68. The Morgan fingerprint density at radius 3 is 1.81 bits per heavy atom. The van der Waals surface area contributed by atoms with Crippen molar-refractivity contribution in [1.82, 2.24) is 0 Å². The predicted molar refractivity (Wildman–Crippen MR) is 114 cm³/mol. The molecule has 0 aliphatic carbocycles. The first-order chi connectivity index (χ1) is 12.3. The molecule has 2 unspecified atom stereocenters. The van der Waals surface area contributed by atoms with Gasteiger partial charge in [-0.15, -0.1) is 6.58 Å². The molecule has 2 rings (SSSR count). The minimum Gasteiger partial charge on any atom is -0.407 e. The number of aliphatic hydroxyl groups excluding tert-OH is 1. The highest BCUT2D eigenvalue weighted by Crippen LogP contribution is 2.37. The molecular formula is C23H32O2Si. The molecule has 140 valence electrons. The first-order valence-corrected chi connectivity index (χ1v) is 11.3. The van der Waals surface area contributed by atoms with Crippen molar-refractivity contribution >= 4 is 18.7 Å². The molecule has 0 bridgehead atoms. The minimum atomic E-state index is -2.51. The Bertz CT molecular complexity index is 635. The second-order valence-corrected chi connectivity index (χ2v) is 12.4. The molecule has 0 heterocycles. The monoisotopic (exact) mass is 368 g/mol. The van der Waals surface area contributed by atoms with Gasteiger partial charge in [0.15, 0.2) is 0 Å². The van der Waals surface area contributed by atoms with Gasteiger partial charge in [-0.1, -0.05) is 87.5 Å². The second kappa shape index (κ2) is 8.80. The van der Waals surface area contributed by atoms with Crippen molar-refractivity contribution < 1.29 is 9.53 Å². The van der Waals surface area contributed by atoms with E-state index in [1.165, 1.54) is 10.4 Å². The van der Waals surface area contributed by atoms with E-state index in [-0.39, 0.29) is 17.1 Å². The molecule has 2 nitrogen and oxygen atoms in total. The van der Waals surface area contributed by atoms with Crippen molar-refractivity contribution in [2.45, 2.75) is 45.3 Å². The van der Waals surface area contributed by atoms with Gasteiger partial charge in [0, 0.05) is 12.5 Å². The molecular weight excluding hydrogens is 336 g/mol. The lowest BCUT2D eigenvalue weighted by Gasteiger charge is -2.43. The fraction of sp³-hybridized carbons (Fsp3) is 0.391. The van der Waals surface area contributed by atoms with Gasteiger partial charge in [-0.3, -0.25) is 0 Å². The molecule has 3 heteroatoms. The second-order valence-electron chi connectivity index (χ2n) is 8.05. The fourth-order valence-electron chi connectivity index (χ4n) is 3.66. The van der Waals surface area contributed by atoms with Gasteiger partial charge in [-0.2, -0.15) is 0 Å². The van der Waals surface area contributed by atoms with Gasteiger partial charge in [0.1, 0.15) is 0 Å². The van der Waals surface area contributed by atoms with E-state index in [1.54, 1.807) is 0 Å². The van der Waals surface area contributed by atoms with E-state index in [2.05, 4.69) is 88.0 Å². The smallest absolute Gasteiger partial charge is 0.261 e. The summed E-state index contributed by atoms with van der Waals surface area (Å²) in [5.41, 5.74) is 0. The summed E-state index contributed by atoms with van der Waals surface area (Å²) in [5, 5.41) is 12.3. The molecule has 0 saturated heterocycles. The van der Waals surface area contributed by atoms with E-state index < -0.39 is 8.32 Å². The number of hydrogen-bond acceptors (Lipinski definition) is 2. The summed E-state index contributed by atoms with van der Waals surface area (Å²) >= 11 is 0. The van der Waals surface area contributed by atoms with Crippen LogP contribution in [0.5, 0.6) is 0 Å². The van der Waals surface area contributed by atoms with Gasteiger partial charge in [-0.05, 0) is 28.8 Å². The van der Waals surface area contributed by atoms with E-state index in [9.17, 15) is 5.11 Å². The highest BCUT2D eigenvalue weighted by molar-refractivity contribution is 6.99. The Balaban J connectivity index is 2.52. The van der Waals surface area contributed by atoms with Crippen molar-refractivity contribution in [3.05, 3.63) is 73.3 Å². The number of hydrogen-bond donors (Lipinski definition) is 1. The number of aliphatic hydroxyl groups is 1. The quantitative estimate of drug-likeness (QED) is 0.561. The van der Waals surface area contributed by atoms with E-state index in [0.29, 0.717) is 13.0 Å². The van der Waals surface area contributed by atoms with Crippen LogP contribution >= 0.6 is 0 Å². The summed E-state index contributed by atoms with van der Waals surface area (Å²) in [7, 11) is -2.51. The Morgan fingerprint density at radius 2 is 1.46 bits per heavy atom. The van der Waals surface area contributed by atoms with Crippen LogP contribution in [0.3, 0.4) is 0 Å². The molecule has 26 heavy (non-hydrogen) atoms. The van der Waals surface area contributed by atoms with Crippen molar-refractivity contribution in [3.8, 4) is 0 Å². The van der Waals surface area contributed by atoms with Gasteiger partial charge < -0.3 is 9.53 Å². The van der Waals surface area contributed by atoms with Crippen LogP contribution < -0.4 is 10.4 Å². The van der Waals surface area contributed by atoms with Crippen LogP contribution in [0.25, 0.3) is 0 Å². The van der Waals surface area contributed by atoms with Crippen molar-refractivity contribution in [1.29, 1.82) is 0 Å². The van der Waals surface area contributed by atoms with Gasteiger partial charge in [0.05, 0.1) is 6.10 Å². The Morgan fingerprint density at radius 1 is 1.00 bits per heavy atom. The minimum absolute atomic E-state index is 0.0355. The standard InChI is InChI=1S/C23H32O2Si/c1-6-20(17-19(2)24)18-25-26(23(3,4)5,21-13-9-7-10-14-21)22-15-11-8-12-16-22/h6-16,19-20,24H,1,17-18H2,2-5H3. The summed E-state index contributed by atoms with van der Waals surface area (Å²) < 4.78 is 6.88. The van der Waals surface area contributed by atoms with Crippen LogP contribution in [0.2, 0.25) is 5.04 Å². The molecule has 0 aliphatic heterocycles. The maximum atomic E-state index is 9.79. The van der Waals surface area contributed by atoms with Crippen LogP contribution in [-0.2, 0) is 4.43 Å². The van der Waals surface area contributed by atoms with Crippen molar-refractivity contribution in [2.75, 3.05) is 6.61 Å². The zero-order valence-electron chi connectivity index (χ0n) is 16.5. The summed E-state index contributed by atoms with van der Waals surface area (Å²) in [5.74, 6) is 0.136. The highest BCUT2D eigenvalue weighted by Gasteiger charge is 2.50. The lowest BCUT2D eigenvalue weighted by Crippen LogP contribution is -2.66. The molecule has 0 spiro atoms. The topological polar surface area (TPSA) is 29.5 Å². The predicted octanol–water partition coefficient (Wildman–Crippen LogP) is 4.14. The largest absolute Gasteiger partial charge is 0.407 e. The van der Waals surface area contributed by atoms with Crippen molar-refractivity contribution in [3.63, 3.8) is 0 Å². The van der Waals surface area contributed by atoms with E-state index in [0.717, 1.165) is 0 Å². The first kappa shape index (κ1) is 20.6. The maximum absolute atomic E-state index is 9.79. The summed E-state index contributed by atoms with van der Waals surface area (Å²) in [4.78, 5) is 0. The summed E-state index contributed by atoms with van der Waals surface area (Å²) in [6, 6.07) is 21.3. The lowest BCUT2D eigenvalue weighted by molar-refractivity contribution is 0.148. The highest BCUT2D eigenvalue weighted by atomic mass is 28.4. The third-order valence-electron chi connectivity index (χ3n) is 4.91. The molecule has 0 radical (unpaired) electrons. The fourth-order valence-corrected chi connectivity index (χ4v) is 8.28. The Kier molecular flexibility index (Phi) is 6.99. The average Bonchev–Trinajstić information content (AvgIpc) is 2.61. The van der Waals surface area contributed by atoms with Gasteiger partial charge >= 0.3 is 0 Å². The zero-order chi connectivity index (χ0) is 19.2. The van der Waals surface area contributed by atoms with Gasteiger partial charge in [-0.25, -0.2) is 0 Å². The third-order valence-corrected chi connectivity index (χ3v) is 9.91. The molecule has 0 amide bonds. The SMILES string of the molecule is C=CC(CO[Si](c1ccccc1)(c1ccccc1)C(C)(C)C)CC(C)O. The van der Waals surface area contributed by atoms with E-state index in [1.807, 2.05) is 13.0 Å². The molecule has 0 aromatic heterocycles. The van der Waals surface area contributed by atoms with Gasteiger partial charge in [0.25, 0.3) is 8.32 Å². The van der Waals surface area contributed by atoms with Crippen LogP contribution in [-0.4, -0.2) is 26.1 Å².